The van der Waals surface area contributed by atoms with Crippen molar-refractivity contribution in [2.24, 2.45) is 10.7 Å². The molecule has 1 saturated heterocycles. The maximum atomic E-state index is 14.5. The molecule has 0 bridgehead atoms. The highest BCUT2D eigenvalue weighted by Crippen LogP contribution is 2.24. The molecule has 0 spiro atoms. The molecule has 48 heavy (non-hydrogen) atoms. The van der Waals surface area contributed by atoms with Gasteiger partial charge in [0, 0.05) is 62.5 Å². The highest BCUT2D eigenvalue weighted by molar-refractivity contribution is 7.13. The number of aliphatic imine (C=N–C) groups is 1. The summed E-state index contributed by atoms with van der Waals surface area (Å²) in [5.41, 5.74) is 5.94. The predicted molar refractivity (Wildman–Crippen MR) is 176 cm³/mol. The number of allylic oxidation sites excluding steroid dienone is 1. The maximum Gasteiger partial charge on any atom is 0.306 e. The maximum absolute atomic E-state index is 14.5. The lowest BCUT2D eigenvalue weighted by atomic mass is 9.96. The van der Waals surface area contributed by atoms with Crippen molar-refractivity contribution in [3.63, 3.8) is 0 Å². The number of ether oxygens (including phenoxy) is 1. The van der Waals surface area contributed by atoms with Crippen molar-refractivity contribution in [1.82, 2.24) is 34.9 Å². The standard InChI is InChI=1S/C32H39F2N9O4S/c1-41-11-13-42(14-12-41)15-16-47-28(45)10-9-27(44)43-19-21(17-37-43)32-39-25(20-48-32)31(46)38-24(18-36-22-5-3-2-4-6-22)29(35)30-23(33)7-8-26(34)40-30/h7-8,17-20,22H,2-6,9-16,35H2,1H3,(H,38,46)/b29-24+,36-18?. The lowest BCUT2D eigenvalue weighted by Crippen LogP contribution is -2.45. The number of nitrogens with one attached hydrogen (secondary N) is 1. The van der Waals surface area contributed by atoms with Crippen LogP contribution in [-0.4, -0.2) is 106 Å². The van der Waals surface area contributed by atoms with Crippen LogP contribution in [-0.2, 0) is 9.53 Å². The zero-order valence-corrected chi connectivity index (χ0v) is 27.6. The molecule has 1 aliphatic carbocycles. The van der Waals surface area contributed by atoms with Gasteiger partial charge in [0.05, 0.1) is 30.1 Å². The molecule has 1 saturated carbocycles. The van der Waals surface area contributed by atoms with Gasteiger partial charge in [0.15, 0.2) is 5.82 Å². The third kappa shape index (κ3) is 9.58. The third-order valence-electron chi connectivity index (χ3n) is 8.23. The van der Waals surface area contributed by atoms with E-state index in [0.717, 1.165) is 86.4 Å². The van der Waals surface area contributed by atoms with Gasteiger partial charge in [0.25, 0.3) is 5.91 Å². The molecule has 3 N–H and O–H groups in total. The van der Waals surface area contributed by atoms with Crippen molar-refractivity contribution in [1.29, 1.82) is 0 Å². The molecule has 3 aromatic rings. The predicted octanol–water partition coefficient (Wildman–Crippen LogP) is 3.35. The van der Waals surface area contributed by atoms with Gasteiger partial charge in [-0.1, -0.05) is 19.3 Å². The molecule has 1 aliphatic heterocycles. The molecule has 0 atom stereocenters. The van der Waals surface area contributed by atoms with E-state index < -0.39 is 35.2 Å². The van der Waals surface area contributed by atoms with Gasteiger partial charge in [0.1, 0.15) is 23.0 Å². The quantitative estimate of drug-likeness (QED) is 0.165. The first kappa shape index (κ1) is 34.9. The molecule has 0 unspecified atom stereocenters. The molecule has 5 rings (SSSR count). The second-order valence-electron chi connectivity index (χ2n) is 11.8. The van der Waals surface area contributed by atoms with E-state index >= 15 is 0 Å². The number of hydrogen-bond donors (Lipinski definition) is 2. The Hall–Kier alpha value is -4.41. The van der Waals surface area contributed by atoms with Crippen LogP contribution in [0.15, 0.2) is 40.6 Å². The van der Waals surface area contributed by atoms with Crippen LogP contribution in [0.5, 0.6) is 0 Å². The fraction of sp³-hybridized carbons (Fsp3) is 0.469. The molecular weight excluding hydrogens is 644 g/mol. The summed E-state index contributed by atoms with van der Waals surface area (Å²) in [4.78, 5) is 55.1. The number of halogens is 2. The van der Waals surface area contributed by atoms with Gasteiger partial charge in [0.2, 0.25) is 11.9 Å². The number of likely N-dealkylation sites (N-methyl/N-ethyl adjacent to an activating group) is 1. The monoisotopic (exact) mass is 683 g/mol. The first-order valence-electron chi connectivity index (χ1n) is 15.9. The second-order valence-corrected chi connectivity index (χ2v) is 12.6. The highest BCUT2D eigenvalue weighted by Gasteiger charge is 2.20. The molecule has 4 heterocycles. The fourth-order valence-corrected chi connectivity index (χ4v) is 6.11. The Morgan fingerprint density at radius 1 is 1.10 bits per heavy atom. The summed E-state index contributed by atoms with van der Waals surface area (Å²) in [6.45, 7) is 4.74. The van der Waals surface area contributed by atoms with Crippen LogP contribution >= 0.6 is 11.3 Å². The Morgan fingerprint density at radius 3 is 2.65 bits per heavy atom. The molecule has 3 aromatic heterocycles. The zero-order chi connectivity index (χ0) is 34.0. The van der Waals surface area contributed by atoms with Crippen molar-refractivity contribution >= 4 is 41.0 Å². The summed E-state index contributed by atoms with van der Waals surface area (Å²) in [5, 5.41) is 8.65. The zero-order valence-electron chi connectivity index (χ0n) is 26.7. The second kappa shape index (κ2) is 16.6. The van der Waals surface area contributed by atoms with Crippen molar-refractivity contribution in [3.8, 4) is 10.6 Å². The summed E-state index contributed by atoms with van der Waals surface area (Å²) in [5.74, 6) is -3.28. The van der Waals surface area contributed by atoms with Crippen LogP contribution in [0.4, 0.5) is 8.78 Å². The lowest BCUT2D eigenvalue weighted by molar-refractivity contribution is -0.144. The number of esters is 1. The summed E-state index contributed by atoms with van der Waals surface area (Å²) in [6, 6.07) is 1.80. The first-order chi connectivity index (χ1) is 23.2. The van der Waals surface area contributed by atoms with Crippen LogP contribution in [0.25, 0.3) is 16.3 Å². The van der Waals surface area contributed by atoms with Gasteiger partial charge in [-0.05, 0) is 32.0 Å². The average molecular weight is 684 g/mol. The summed E-state index contributed by atoms with van der Waals surface area (Å²) >= 11 is 1.15. The number of pyridine rings is 1. The SMILES string of the molecule is CN1CCN(CCOC(=O)CCC(=O)n2cc(-c3nc(C(=O)N/C(C=NC4CCCCC4)=C(/N)c4nc(F)ccc4F)cs3)cn2)CC1. The van der Waals surface area contributed by atoms with Crippen molar-refractivity contribution in [2.75, 3.05) is 46.4 Å². The molecule has 16 heteroatoms. The number of piperazine rings is 1. The van der Waals surface area contributed by atoms with Gasteiger partial charge in [-0.2, -0.15) is 9.49 Å². The topological polar surface area (TPSA) is 161 Å². The van der Waals surface area contributed by atoms with E-state index in [2.05, 4.69) is 42.2 Å². The molecule has 0 aromatic carbocycles. The molecule has 2 fully saturated rings. The normalized spacial score (nSPS) is 17.0. The Kier molecular flexibility index (Phi) is 12.1. The largest absolute Gasteiger partial charge is 0.464 e. The highest BCUT2D eigenvalue weighted by atomic mass is 32.1. The minimum atomic E-state index is -0.927. The van der Waals surface area contributed by atoms with Gasteiger partial charge in [-0.15, -0.1) is 11.3 Å². The van der Waals surface area contributed by atoms with E-state index in [4.69, 9.17) is 10.5 Å². The average Bonchev–Trinajstić information content (AvgIpc) is 3.79. The van der Waals surface area contributed by atoms with E-state index in [1.807, 2.05) is 0 Å². The van der Waals surface area contributed by atoms with Gasteiger partial charge in [-0.3, -0.25) is 24.3 Å². The van der Waals surface area contributed by atoms with Crippen LogP contribution in [0.2, 0.25) is 0 Å². The molecule has 256 valence electrons. The van der Waals surface area contributed by atoms with E-state index in [1.54, 1.807) is 0 Å². The summed E-state index contributed by atoms with van der Waals surface area (Å²) < 4.78 is 34.8. The smallest absolute Gasteiger partial charge is 0.306 e. The number of aromatic nitrogens is 4. The van der Waals surface area contributed by atoms with Crippen LogP contribution in [0, 0.1) is 11.8 Å². The van der Waals surface area contributed by atoms with Crippen LogP contribution in [0.1, 0.15) is 65.9 Å². The van der Waals surface area contributed by atoms with Crippen LogP contribution in [0.3, 0.4) is 0 Å². The van der Waals surface area contributed by atoms with E-state index in [-0.39, 0.29) is 42.6 Å². The van der Waals surface area contributed by atoms with Gasteiger partial charge >= 0.3 is 5.97 Å². The summed E-state index contributed by atoms with van der Waals surface area (Å²) in [6.07, 6.45) is 9.03. The van der Waals surface area contributed by atoms with E-state index in [9.17, 15) is 23.2 Å². The first-order valence-corrected chi connectivity index (χ1v) is 16.8. The molecule has 13 nitrogen and oxygen atoms in total. The number of carbonyl (C=O) groups excluding carboxylic acids is 3. The van der Waals surface area contributed by atoms with Crippen molar-refractivity contribution in [2.45, 2.75) is 51.0 Å². The lowest BCUT2D eigenvalue weighted by Gasteiger charge is -2.32. The minimum absolute atomic E-state index is 0.0201. The molecular formula is C32H39F2N9O4S. The Bertz CT molecular complexity index is 1660. The number of carbonyl (C=O) groups is 3. The molecule has 1 amide bonds. The Morgan fingerprint density at radius 2 is 1.88 bits per heavy atom. The fourth-order valence-electron chi connectivity index (χ4n) is 5.34. The Labute approximate surface area is 280 Å². The van der Waals surface area contributed by atoms with Gasteiger partial charge in [-0.25, -0.2) is 19.0 Å². The number of thiazole rings is 1. The number of rotatable bonds is 12. The number of amides is 1. The number of nitrogens with zero attached hydrogens (tertiary/aromatic N) is 7. The van der Waals surface area contributed by atoms with Crippen molar-refractivity contribution < 1.29 is 27.9 Å². The number of hydrogen-bond acceptors (Lipinski definition) is 12. The Balaban J connectivity index is 1.18. The van der Waals surface area contributed by atoms with Crippen molar-refractivity contribution in [3.05, 3.63) is 58.8 Å². The molecule has 2 aliphatic rings. The number of nitrogens with two attached hydrogens (primary N) is 1. The molecule has 0 radical (unpaired) electrons. The van der Waals surface area contributed by atoms with E-state index in [1.165, 1.54) is 24.0 Å². The van der Waals surface area contributed by atoms with E-state index in [0.29, 0.717) is 17.1 Å². The third-order valence-corrected chi connectivity index (χ3v) is 9.12. The summed E-state index contributed by atoms with van der Waals surface area (Å²) in [7, 11) is 2.08. The minimum Gasteiger partial charge on any atom is -0.464 e. The van der Waals surface area contributed by atoms with Gasteiger partial charge < -0.3 is 20.7 Å². The van der Waals surface area contributed by atoms with Crippen LogP contribution < -0.4 is 11.1 Å².